The molecule has 0 unspecified atom stereocenters. The predicted octanol–water partition coefficient (Wildman–Crippen LogP) is 8.06. The van der Waals surface area contributed by atoms with Crippen molar-refractivity contribution in [3.63, 3.8) is 0 Å². The number of aromatic nitrogens is 2. The van der Waals surface area contributed by atoms with Crippen LogP contribution in [0.3, 0.4) is 0 Å². The molecular formula is C43H37BrClN7O10S. The number of anilines is 3. The molecule has 0 radical (unpaired) electrons. The molecule has 63 heavy (non-hydrogen) atoms. The van der Waals surface area contributed by atoms with Gasteiger partial charge in [-0.15, -0.1) is 11.3 Å². The first-order valence-corrected chi connectivity index (χ1v) is 21.7. The molecule has 17 nitrogen and oxygen atoms in total. The Bertz CT molecular complexity index is 2930. The van der Waals surface area contributed by atoms with Crippen LogP contribution in [0.2, 0.25) is 5.02 Å². The van der Waals surface area contributed by atoms with Gasteiger partial charge >= 0.3 is 11.4 Å². The minimum atomic E-state index is -1.48. The second-order valence-corrected chi connectivity index (χ2v) is 19.0. The number of phenolic OH excluding ortho intramolecular Hbond substituents is 1. The maximum absolute atomic E-state index is 15.3. The molecule has 5 aromatic rings. The molecule has 2 aliphatic heterocycles. The predicted molar refractivity (Wildman–Crippen MR) is 237 cm³/mol. The van der Waals surface area contributed by atoms with E-state index in [4.69, 9.17) is 21.4 Å². The van der Waals surface area contributed by atoms with Crippen LogP contribution in [0.1, 0.15) is 36.8 Å². The van der Waals surface area contributed by atoms with E-state index in [1.807, 2.05) is 25.1 Å². The summed E-state index contributed by atoms with van der Waals surface area (Å²) >= 11 is 11.2. The van der Waals surface area contributed by atoms with Gasteiger partial charge in [0.1, 0.15) is 11.5 Å². The number of rotatable bonds is 8. The summed E-state index contributed by atoms with van der Waals surface area (Å²) in [6.07, 6.45) is 1.83. The number of hydrogen-bond acceptors (Lipinski definition) is 13. The fourth-order valence-electron chi connectivity index (χ4n) is 10.5. The molecule has 3 aromatic carbocycles. The molecule has 0 spiro atoms. The van der Waals surface area contributed by atoms with Crippen molar-refractivity contribution in [3.05, 3.63) is 101 Å². The van der Waals surface area contributed by atoms with E-state index < -0.39 is 79.9 Å². The number of hydrogen-bond donors (Lipinski definition) is 1. The number of allylic oxidation sites excluding steroid dienone is 2. The van der Waals surface area contributed by atoms with E-state index in [1.165, 1.54) is 42.1 Å². The monoisotopic (exact) mass is 957 g/mol. The Morgan fingerprint density at radius 3 is 2.30 bits per heavy atom. The number of aromatic hydroxyl groups is 1. The van der Waals surface area contributed by atoms with Crippen LogP contribution in [0, 0.1) is 56.2 Å². The van der Waals surface area contributed by atoms with E-state index >= 15 is 9.59 Å². The molecule has 2 aromatic heterocycles. The average Bonchev–Trinajstić information content (AvgIpc) is 3.91. The van der Waals surface area contributed by atoms with E-state index in [2.05, 4.69) is 15.9 Å². The summed E-state index contributed by atoms with van der Waals surface area (Å²) in [7, 11) is 5.84. The fourth-order valence-corrected chi connectivity index (χ4v) is 12.2. The van der Waals surface area contributed by atoms with Gasteiger partial charge in [0, 0.05) is 55.0 Å². The zero-order valence-corrected chi connectivity index (χ0v) is 37.6. The first kappa shape index (κ1) is 42.1. The van der Waals surface area contributed by atoms with E-state index in [9.17, 15) is 34.9 Å². The fraction of sp³-hybridized carbons (Fsp3) is 0.326. The minimum absolute atomic E-state index is 0.0227. The van der Waals surface area contributed by atoms with Crippen LogP contribution in [-0.2, 0) is 26.2 Å². The largest absolute Gasteiger partial charge is 0.503 e. The van der Waals surface area contributed by atoms with E-state index in [0.717, 1.165) is 42.5 Å². The highest BCUT2D eigenvalue weighted by molar-refractivity contribution is 9.10. The third-order valence-electron chi connectivity index (χ3n) is 13.2. The number of amides is 4. The van der Waals surface area contributed by atoms with Gasteiger partial charge in [-0.2, -0.15) is 5.10 Å². The highest BCUT2D eigenvalue weighted by Gasteiger charge is 2.68. The molecule has 6 atom stereocenters. The lowest BCUT2D eigenvalue weighted by Gasteiger charge is -2.49. The molecule has 3 fully saturated rings. The highest BCUT2D eigenvalue weighted by atomic mass is 79.9. The first-order valence-electron chi connectivity index (χ1n) is 19.7. The van der Waals surface area contributed by atoms with Crippen LogP contribution in [0.4, 0.5) is 28.6 Å². The summed E-state index contributed by atoms with van der Waals surface area (Å²) in [5.74, 6) is -7.18. The van der Waals surface area contributed by atoms with Gasteiger partial charge in [-0.1, -0.05) is 23.3 Å². The molecule has 324 valence electrons. The number of halogens is 2. The molecule has 20 heteroatoms. The van der Waals surface area contributed by atoms with Crippen molar-refractivity contribution in [2.75, 3.05) is 35.9 Å². The topological polar surface area (TPSA) is 212 Å². The Morgan fingerprint density at radius 2 is 1.67 bits per heavy atom. The number of carbonyl (C=O) groups is 4. The normalized spacial score (nSPS) is 24.1. The number of methoxy groups -OCH3 is 1. The lowest BCUT2D eigenvalue weighted by atomic mass is 9.51. The average molecular weight is 959 g/mol. The van der Waals surface area contributed by atoms with Gasteiger partial charge in [0.15, 0.2) is 17.2 Å². The van der Waals surface area contributed by atoms with Gasteiger partial charge in [0.05, 0.1) is 55.2 Å². The third-order valence-corrected chi connectivity index (χ3v) is 15.4. The Labute approximate surface area is 375 Å². The van der Waals surface area contributed by atoms with Crippen molar-refractivity contribution in [3.8, 4) is 22.1 Å². The van der Waals surface area contributed by atoms with Crippen molar-refractivity contribution in [2.24, 2.45) is 36.1 Å². The number of aryl methyl sites for hydroxylation is 2. The lowest BCUT2D eigenvalue weighted by Crippen LogP contribution is -2.49. The van der Waals surface area contributed by atoms with Crippen LogP contribution in [-0.4, -0.2) is 69.6 Å². The van der Waals surface area contributed by atoms with Crippen molar-refractivity contribution >= 4 is 101 Å². The molecule has 4 aliphatic rings. The number of imide groups is 2. The van der Waals surface area contributed by atoms with E-state index in [-0.39, 0.29) is 46.0 Å². The molecule has 4 heterocycles. The zero-order valence-electron chi connectivity index (χ0n) is 34.4. The smallest absolute Gasteiger partial charge is 0.301 e. The van der Waals surface area contributed by atoms with Gasteiger partial charge in [-0.05, 0) is 95.4 Å². The van der Waals surface area contributed by atoms with Crippen molar-refractivity contribution in [2.45, 2.75) is 32.6 Å². The zero-order chi connectivity index (χ0) is 45.3. The Hall–Kier alpha value is -6.18. The molecule has 0 bridgehead atoms. The summed E-state index contributed by atoms with van der Waals surface area (Å²) in [5.41, 5.74) is -0.858. The van der Waals surface area contributed by atoms with E-state index in [0.29, 0.717) is 21.9 Å². The quantitative estimate of drug-likeness (QED) is 0.0677. The summed E-state index contributed by atoms with van der Waals surface area (Å²) in [6, 6.07) is 12.5. The second-order valence-electron chi connectivity index (χ2n) is 16.7. The number of ether oxygens (including phenoxy) is 1. The summed E-state index contributed by atoms with van der Waals surface area (Å²) in [4.78, 5) is 86.4. The first-order chi connectivity index (χ1) is 29.8. The van der Waals surface area contributed by atoms with Crippen molar-refractivity contribution in [1.82, 2.24) is 9.78 Å². The van der Waals surface area contributed by atoms with Gasteiger partial charge in [-0.3, -0.25) is 44.1 Å². The summed E-state index contributed by atoms with van der Waals surface area (Å²) in [5, 5.41) is 41.7. The van der Waals surface area contributed by atoms with Gasteiger partial charge in [-0.25, -0.2) is 9.80 Å². The van der Waals surface area contributed by atoms with Crippen LogP contribution in [0.5, 0.6) is 11.5 Å². The second kappa shape index (κ2) is 14.7. The number of nitro benzene ring substituents is 2. The number of nitro groups is 2. The van der Waals surface area contributed by atoms with Crippen LogP contribution in [0.25, 0.3) is 20.7 Å². The SMILES string of the molecule is COc1cc([C@H]2C3=CC[C@@H]4C(=O)N(c5cc([N+](=O)[O-])c(N(C)C)c([N+](=O)[O-])c5)C(=O)[C@@H]4[C@@H]3C[C@H]3C(=O)N(c4cc(-c5sc6ccc(Cl)cc6c5C)nn4C)C(=O)[C@@]23C)cc(Br)c1O. The Balaban J connectivity index is 1.17. The maximum Gasteiger partial charge on any atom is 0.301 e. The summed E-state index contributed by atoms with van der Waals surface area (Å²) < 4.78 is 8.25. The molecule has 1 N–H and O–H groups in total. The van der Waals surface area contributed by atoms with Gasteiger partial charge in [0.25, 0.3) is 0 Å². The number of fused-ring (bicyclic) bond motifs is 5. The Kier molecular flexibility index (Phi) is 9.83. The van der Waals surface area contributed by atoms with Crippen LogP contribution in [0.15, 0.2) is 64.7 Å². The molecule has 2 aliphatic carbocycles. The van der Waals surface area contributed by atoms with Crippen molar-refractivity contribution < 1.29 is 38.9 Å². The standard InChI is InChI=1S/C43H37BrClN7O10S/c1-18-24-13-20(45)7-10-32(24)63-38(18)28-17-33(48(5)46-28)50-40(55)26-16-25-22(35(43(26,2)42(50)57)19-11-27(44)37(53)31(12-19)62-6)8-9-23-34(25)41(56)49(39(23)54)21-14-29(51(58)59)36(47(3)4)30(15-21)52(60)61/h7-8,10-15,17,23,25-26,34-35,53H,9,16H2,1-6H3/t23-,25+,26-,34-,35-,43+/m0/s1. The van der Waals surface area contributed by atoms with Gasteiger partial charge < -0.3 is 14.7 Å². The number of phenols is 1. The number of carbonyl (C=O) groups excluding carboxylic acids is 4. The van der Waals surface area contributed by atoms with Crippen molar-refractivity contribution in [1.29, 1.82) is 0 Å². The molecule has 2 saturated heterocycles. The number of benzene rings is 3. The number of nitrogens with zero attached hydrogens (tertiary/aromatic N) is 7. The molecule has 4 amide bonds. The Morgan fingerprint density at radius 1 is 0.984 bits per heavy atom. The highest BCUT2D eigenvalue weighted by Crippen LogP contribution is 2.64. The molecule has 1 saturated carbocycles. The van der Waals surface area contributed by atoms with Gasteiger partial charge in [0.2, 0.25) is 23.6 Å². The molecular weight excluding hydrogens is 922 g/mol. The number of thiophene rings is 1. The van der Waals surface area contributed by atoms with Crippen LogP contribution < -0.4 is 19.4 Å². The summed E-state index contributed by atoms with van der Waals surface area (Å²) in [6.45, 7) is 3.67. The lowest BCUT2D eigenvalue weighted by molar-refractivity contribution is -0.392. The maximum atomic E-state index is 15.3. The third kappa shape index (κ3) is 6.02. The molecule has 9 rings (SSSR count). The minimum Gasteiger partial charge on any atom is -0.503 e. The van der Waals surface area contributed by atoms with E-state index in [1.54, 1.807) is 38.2 Å². The van der Waals surface area contributed by atoms with Crippen LogP contribution >= 0.6 is 38.9 Å².